The van der Waals surface area contributed by atoms with E-state index in [0.717, 1.165) is 11.0 Å². The smallest absolute Gasteiger partial charge is 0.274 e. The van der Waals surface area contributed by atoms with E-state index in [9.17, 15) is 14.4 Å². The SMILES string of the molecule is CNC(=O)/C=C/CCCC(=O)Nc1cccn(Cc2nc3ccccc3[nH]2)c1=O. The number of nitrogens with zero attached hydrogens (tertiary/aromatic N) is 2. The second-order valence-electron chi connectivity index (χ2n) is 6.51. The summed E-state index contributed by atoms with van der Waals surface area (Å²) in [6, 6.07) is 10.9. The second kappa shape index (κ2) is 9.50. The largest absolute Gasteiger partial charge is 0.356 e. The molecule has 0 radical (unpaired) electrons. The Morgan fingerprint density at radius 1 is 1.21 bits per heavy atom. The van der Waals surface area contributed by atoms with Gasteiger partial charge in [-0.15, -0.1) is 0 Å². The fourth-order valence-corrected chi connectivity index (χ4v) is 2.87. The van der Waals surface area contributed by atoms with E-state index >= 15 is 0 Å². The molecule has 3 rings (SSSR count). The monoisotopic (exact) mass is 393 g/mol. The number of para-hydroxylation sites is 2. The number of rotatable bonds is 8. The Hall–Kier alpha value is -3.68. The van der Waals surface area contributed by atoms with Gasteiger partial charge >= 0.3 is 0 Å². The maximum Gasteiger partial charge on any atom is 0.274 e. The minimum Gasteiger partial charge on any atom is -0.356 e. The molecule has 0 aliphatic heterocycles. The molecule has 0 aliphatic rings. The highest BCUT2D eigenvalue weighted by Gasteiger charge is 2.09. The number of unbranched alkanes of at least 4 members (excludes halogenated alkanes) is 1. The molecule has 29 heavy (non-hydrogen) atoms. The van der Waals surface area contributed by atoms with Crippen molar-refractivity contribution in [3.05, 3.63) is 70.9 Å². The summed E-state index contributed by atoms with van der Waals surface area (Å²) in [4.78, 5) is 43.5. The van der Waals surface area contributed by atoms with E-state index in [4.69, 9.17) is 0 Å². The summed E-state index contributed by atoms with van der Waals surface area (Å²) < 4.78 is 1.50. The highest BCUT2D eigenvalue weighted by Crippen LogP contribution is 2.11. The maximum absolute atomic E-state index is 12.7. The van der Waals surface area contributed by atoms with Crippen molar-refractivity contribution in [3.63, 3.8) is 0 Å². The molecule has 0 aliphatic carbocycles. The summed E-state index contributed by atoms with van der Waals surface area (Å²) in [5.41, 5.74) is 1.69. The number of fused-ring (bicyclic) bond motifs is 1. The molecule has 2 amide bonds. The average Bonchev–Trinajstić information content (AvgIpc) is 3.13. The number of benzene rings is 1. The number of carbonyl (C=O) groups is 2. The molecule has 150 valence electrons. The van der Waals surface area contributed by atoms with Crippen LogP contribution < -0.4 is 16.2 Å². The van der Waals surface area contributed by atoms with Crippen molar-refractivity contribution < 1.29 is 9.59 Å². The molecular formula is C21H23N5O3. The number of likely N-dealkylation sites (N-methyl/N-ethyl adjacent to an activating group) is 1. The van der Waals surface area contributed by atoms with Crippen molar-refractivity contribution in [1.82, 2.24) is 19.9 Å². The van der Waals surface area contributed by atoms with Gasteiger partial charge in [-0.3, -0.25) is 14.4 Å². The summed E-state index contributed by atoms with van der Waals surface area (Å²) >= 11 is 0. The van der Waals surface area contributed by atoms with E-state index < -0.39 is 0 Å². The van der Waals surface area contributed by atoms with Crippen LogP contribution in [-0.4, -0.2) is 33.4 Å². The van der Waals surface area contributed by atoms with Crippen molar-refractivity contribution in [2.45, 2.75) is 25.8 Å². The standard InChI is InChI=1S/C21H23N5O3/c1-22-19(27)11-3-2-4-12-20(28)25-17-10-7-13-26(21(17)29)14-18-23-15-8-5-6-9-16(15)24-18/h3,5-11,13H,2,4,12,14H2,1H3,(H,22,27)(H,23,24)(H,25,28)/b11-3+. The van der Waals surface area contributed by atoms with Crippen molar-refractivity contribution in [1.29, 1.82) is 0 Å². The van der Waals surface area contributed by atoms with Crippen molar-refractivity contribution in [2.24, 2.45) is 0 Å². The number of amides is 2. The van der Waals surface area contributed by atoms with Gasteiger partial charge in [-0.1, -0.05) is 18.2 Å². The number of aromatic amines is 1. The predicted molar refractivity (Wildman–Crippen MR) is 112 cm³/mol. The molecule has 0 bridgehead atoms. The van der Waals surface area contributed by atoms with E-state index in [1.54, 1.807) is 31.5 Å². The van der Waals surface area contributed by atoms with Gasteiger partial charge in [0.1, 0.15) is 11.5 Å². The first-order valence-corrected chi connectivity index (χ1v) is 9.38. The van der Waals surface area contributed by atoms with Crippen LogP contribution in [0.4, 0.5) is 5.69 Å². The van der Waals surface area contributed by atoms with Crippen LogP contribution in [0.25, 0.3) is 11.0 Å². The van der Waals surface area contributed by atoms with Crippen LogP contribution >= 0.6 is 0 Å². The van der Waals surface area contributed by atoms with Crippen LogP contribution in [-0.2, 0) is 16.1 Å². The van der Waals surface area contributed by atoms with Crippen LogP contribution in [0.5, 0.6) is 0 Å². The molecule has 0 spiro atoms. The van der Waals surface area contributed by atoms with Crippen LogP contribution in [0.1, 0.15) is 25.1 Å². The van der Waals surface area contributed by atoms with E-state index in [1.807, 2.05) is 24.3 Å². The number of aromatic nitrogens is 3. The molecule has 3 N–H and O–H groups in total. The lowest BCUT2D eigenvalue weighted by molar-refractivity contribution is -0.116. The second-order valence-corrected chi connectivity index (χ2v) is 6.51. The molecule has 0 fully saturated rings. The number of pyridine rings is 1. The Balaban J connectivity index is 1.59. The molecular weight excluding hydrogens is 370 g/mol. The molecule has 1 aromatic carbocycles. The van der Waals surface area contributed by atoms with Crippen LogP contribution in [0.3, 0.4) is 0 Å². The number of anilines is 1. The minimum atomic E-state index is -0.291. The van der Waals surface area contributed by atoms with Gasteiger partial charge in [-0.25, -0.2) is 4.98 Å². The molecule has 0 unspecified atom stereocenters. The Morgan fingerprint density at radius 3 is 2.83 bits per heavy atom. The van der Waals surface area contributed by atoms with Gasteiger partial charge in [0.15, 0.2) is 0 Å². The van der Waals surface area contributed by atoms with Gasteiger partial charge in [0.2, 0.25) is 11.8 Å². The molecule has 0 saturated carbocycles. The molecule has 2 aromatic heterocycles. The third-order valence-corrected chi connectivity index (χ3v) is 4.34. The van der Waals surface area contributed by atoms with Gasteiger partial charge < -0.3 is 20.2 Å². The molecule has 3 aromatic rings. The lowest BCUT2D eigenvalue weighted by Crippen LogP contribution is -2.26. The van der Waals surface area contributed by atoms with Crippen molar-refractivity contribution >= 4 is 28.5 Å². The lowest BCUT2D eigenvalue weighted by Gasteiger charge is -2.08. The van der Waals surface area contributed by atoms with E-state index in [2.05, 4.69) is 20.6 Å². The summed E-state index contributed by atoms with van der Waals surface area (Å²) in [7, 11) is 1.56. The van der Waals surface area contributed by atoms with Crippen molar-refractivity contribution in [2.75, 3.05) is 12.4 Å². The normalized spacial score (nSPS) is 11.1. The van der Waals surface area contributed by atoms with Gasteiger partial charge in [0, 0.05) is 19.7 Å². The molecule has 0 atom stereocenters. The van der Waals surface area contributed by atoms with Crippen LogP contribution in [0, 0.1) is 0 Å². The zero-order valence-electron chi connectivity index (χ0n) is 16.1. The molecule has 0 saturated heterocycles. The van der Waals surface area contributed by atoms with Gasteiger partial charge in [0.25, 0.3) is 5.56 Å². The Labute approximate surface area is 167 Å². The van der Waals surface area contributed by atoms with Gasteiger partial charge in [-0.2, -0.15) is 0 Å². The Kier molecular flexibility index (Phi) is 6.57. The molecule has 8 nitrogen and oxygen atoms in total. The first-order chi connectivity index (χ1) is 14.1. The van der Waals surface area contributed by atoms with E-state index in [0.29, 0.717) is 18.7 Å². The number of imidazole rings is 1. The molecule has 2 heterocycles. The summed E-state index contributed by atoms with van der Waals surface area (Å²) in [5, 5.41) is 5.15. The summed E-state index contributed by atoms with van der Waals surface area (Å²) in [6.07, 6.45) is 6.26. The Bertz CT molecular complexity index is 1060. The molecule has 8 heteroatoms. The quantitative estimate of drug-likeness (QED) is 0.403. The van der Waals surface area contributed by atoms with E-state index in [-0.39, 0.29) is 36.0 Å². The topological polar surface area (TPSA) is 109 Å². The third-order valence-electron chi connectivity index (χ3n) is 4.34. The number of H-pyrrole nitrogens is 1. The fraction of sp³-hybridized carbons (Fsp3) is 0.238. The number of hydrogen-bond acceptors (Lipinski definition) is 4. The van der Waals surface area contributed by atoms with Gasteiger partial charge in [-0.05, 0) is 43.2 Å². The fourth-order valence-electron chi connectivity index (χ4n) is 2.87. The number of allylic oxidation sites excluding steroid dienone is 1. The third kappa shape index (κ3) is 5.41. The number of nitrogens with one attached hydrogen (secondary N) is 3. The van der Waals surface area contributed by atoms with Gasteiger partial charge in [0.05, 0.1) is 17.6 Å². The number of carbonyl (C=O) groups excluding carboxylic acids is 2. The van der Waals surface area contributed by atoms with Crippen LogP contribution in [0.15, 0.2) is 59.5 Å². The predicted octanol–water partition coefficient (Wildman–Crippen LogP) is 2.18. The zero-order valence-corrected chi connectivity index (χ0v) is 16.1. The number of hydrogen-bond donors (Lipinski definition) is 3. The first kappa shape index (κ1) is 20.1. The highest BCUT2D eigenvalue weighted by molar-refractivity contribution is 5.90. The zero-order chi connectivity index (χ0) is 20.6. The van der Waals surface area contributed by atoms with E-state index in [1.165, 1.54) is 10.6 Å². The summed E-state index contributed by atoms with van der Waals surface area (Å²) in [6.45, 7) is 0.279. The average molecular weight is 393 g/mol. The Morgan fingerprint density at radius 2 is 2.03 bits per heavy atom. The lowest BCUT2D eigenvalue weighted by atomic mass is 10.2. The maximum atomic E-state index is 12.7. The highest BCUT2D eigenvalue weighted by atomic mass is 16.2. The minimum absolute atomic E-state index is 0.177. The van der Waals surface area contributed by atoms with Crippen molar-refractivity contribution in [3.8, 4) is 0 Å². The summed E-state index contributed by atoms with van der Waals surface area (Å²) in [5.74, 6) is 0.250. The first-order valence-electron chi connectivity index (χ1n) is 9.38. The van der Waals surface area contributed by atoms with Crippen LogP contribution in [0.2, 0.25) is 0 Å².